The Morgan fingerprint density at radius 3 is 2.29 bits per heavy atom. The Bertz CT molecular complexity index is 772. The summed E-state index contributed by atoms with van der Waals surface area (Å²) in [7, 11) is 0. The van der Waals surface area contributed by atoms with E-state index in [1.165, 1.54) is 22.3 Å². The number of fused-ring (bicyclic) bond motifs is 2. The highest BCUT2D eigenvalue weighted by Crippen LogP contribution is 2.34. The molecule has 0 amide bonds. The zero-order chi connectivity index (χ0) is 19.3. The lowest BCUT2D eigenvalue weighted by Gasteiger charge is -2.31. The summed E-state index contributed by atoms with van der Waals surface area (Å²) in [5, 5.41) is 9.30. The highest BCUT2D eigenvalue weighted by Gasteiger charge is 2.26. The molecule has 1 heterocycles. The number of aliphatic carboxylic acids is 1. The van der Waals surface area contributed by atoms with Crippen molar-refractivity contribution < 1.29 is 14.6 Å². The van der Waals surface area contributed by atoms with Gasteiger partial charge in [0, 0.05) is 13.1 Å². The van der Waals surface area contributed by atoms with E-state index in [9.17, 15) is 9.90 Å². The second-order valence-electron chi connectivity index (χ2n) is 7.98. The fourth-order valence-electron chi connectivity index (χ4n) is 4.61. The third-order valence-corrected chi connectivity index (χ3v) is 6.11. The van der Waals surface area contributed by atoms with Crippen LogP contribution in [0.3, 0.4) is 0 Å². The number of aryl methyl sites for hydroxylation is 2. The number of piperidine rings is 1. The quantitative estimate of drug-likeness (QED) is 0.851. The molecule has 1 N–H and O–H groups in total. The highest BCUT2D eigenvalue weighted by molar-refractivity contribution is 5.70. The van der Waals surface area contributed by atoms with Gasteiger partial charge in [-0.15, -0.1) is 0 Å². The average Bonchev–Trinajstić information content (AvgIpc) is 2.71. The van der Waals surface area contributed by atoms with Crippen LogP contribution in [0.1, 0.15) is 47.6 Å². The molecule has 1 saturated heterocycles. The summed E-state index contributed by atoms with van der Waals surface area (Å²) in [6.07, 6.45) is 5.01. The first-order chi connectivity index (χ1) is 13.7. The van der Waals surface area contributed by atoms with Crippen molar-refractivity contribution in [1.82, 2.24) is 4.90 Å². The molecule has 0 radical (unpaired) electrons. The molecule has 4 heteroatoms. The van der Waals surface area contributed by atoms with Crippen LogP contribution in [0.25, 0.3) is 0 Å². The zero-order valence-electron chi connectivity index (χ0n) is 16.3. The molecular weight excluding hydrogens is 350 g/mol. The largest absolute Gasteiger partial charge is 0.481 e. The molecule has 1 unspecified atom stereocenters. The van der Waals surface area contributed by atoms with Crippen LogP contribution in [0.2, 0.25) is 0 Å². The Hall–Kier alpha value is -2.17. The predicted molar refractivity (Wildman–Crippen MR) is 110 cm³/mol. The standard InChI is InChI=1S/C24H29NO3/c26-24(27)20-11-6-14-25(17-20)15-16-28-23-21-12-3-1-7-18(21)9-5-10-19-8-2-4-13-22(19)23/h1-4,7-8,12-13,20,23H,5-6,9-11,14-17H2,(H,26,27). The molecule has 0 aromatic heterocycles. The topological polar surface area (TPSA) is 49.8 Å². The van der Waals surface area contributed by atoms with Crippen molar-refractivity contribution in [1.29, 1.82) is 0 Å². The lowest BCUT2D eigenvalue weighted by Crippen LogP contribution is -2.40. The van der Waals surface area contributed by atoms with E-state index >= 15 is 0 Å². The van der Waals surface area contributed by atoms with Gasteiger partial charge in [-0.25, -0.2) is 0 Å². The lowest BCUT2D eigenvalue weighted by molar-refractivity contribution is -0.143. The number of carboxylic acids is 1. The number of likely N-dealkylation sites (tertiary alicyclic amines) is 1. The first kappa shape index (κ1) is 19.2. The van der Waals surface area contributed by atoms with Gasteiger partial charge < -0.3 is 14.7 Å². The van der Waals surface area contributed by atoms with Crippen LogP contribution in [0.5, 0.6) is 0 Å². The van der Waals surface area contributed by atoms with Gasteiger partial charge in [-0.1, -0.05) is 48.5 Å². The van der Waals surface area contributed by atoms with E-state index < -0.39 is 5.97 Å². The van der Waals surface area contributed by atoms with Crippen molar-refractivity contribution in [3.63, 3.8) is 0 Å². The Morgan fingerprint density at radius 2 is 1.64 bits per heavy atom. The second-order valence-corrected chi connectivity index (χ2v) is 7.98. The molecule has 2 aromatic rings. The fraction of sp³-hybridized carbons (Fsp3) is 0.458. The van der Waals surface area contributed by atoms with Gasteiger partial charge in [0.2, 0.25) is 0 Å². The van der Waals surface area contributed by atoms with Crippen molar-refractivity contribution >= 4 is 5.97 Å². The van der Waals surface area contributed by atoms with Crippen LogP contribution in [0.15, 0.2) is 48.5 Å². The van der Waals surface area contributed by atoms with E-state index in [4.69, 9.17) is 4.74 Å². The van der Waals surface area contributed by atoms with Crippen molar-refractivity contribution in [2.24, 2.45) is 5.92 Å². The molecule has 28 heavy (non-hydrogen) atoms. The minimum Gasteiger partial charge on any atom is -0.481 e. The number of nitrogens with zero attached hydrogens (tertiary/aromatic N) is 1. The average molecular weight is 380 g/mol. The van der Waals surface area contributed by atoms with Gasteiger partial charge in [-0.05, 0) is 60.9 Å². The van der Waals surface area contributed by atoms with Gasteiger partial charge in [0.05, 0.1) is 12.5 Å². The van der Waals surface area contributed by atoms with Gasteiger partial charge in [0.25, 0.3) is 0 Å². The predicted octanol–water partition coefficient (Wildman–Crippen LogP) is 4.08. The molecule has 1 aliphatic heterocycles. The molecular formula is C24H29NO3. The summed E-state index contributed by atoms with van der Waals surface area (Å²) in [5.74, 6) is -0.912. The molecule has 1 aliphatic carbocycles. The maximum absolute atomic E-state index is 11.3. The Balaban J connectivity index is 1.50. The molecule has 4 nitrogen and oxygen atoms in total. The zero-order valence-corrected chi connectivity index (χ0v) is 16.3. The first-order valence-corrected chi connectivity index (χ1v) is 10.4. The summed E-state index contributed by atoms with van der Waals surface area (Å²) in [6, 6.07) is 17.3. The van der Waals surface area contributed by atoms with Gasteiger partial charge >= 0.3 is 5.97 Å². The SMILES string of the molecule is O=C(O)C1CCCN(CCOC2c3ccccc3CCCc3ccccc32)C1. The summed E-state index contributed by atoms with van der Waals surface area (Å²) in [5.41, 5.74) is 5.31. The lowest BCUT2D eigenvalue weighted by atomic mass is 9.87. The Kier molecular flexibility index (Phi) is 6.08. The molecule has 0 spiro atoms. The molecule has 0 bridgehead atoms. The smallest absolute Gasteiger partial charge is 0.307 e. The van der Waals surface area contributed by atoms with E-state index in [0.29, 0.717) is 13.2 Å². The van der Waals surface area contributed by atoms with Crippen LogP contribution in [0.4, 0.5) is 0 Å². The number of ether oxygens (including phenoxy) is 1. The maximum atomic E-state index is 11.3. The van der Waals surface area contributed by atoms with Crippen LogP contribution >= 0.6 is 0 Å². The molecule has 148 valence electrons. The monoisotopic (exact) mass is 379 g/mol. The number of benzene rings is 2. The fourth-order valence-corrected chi connectivity index (χ4v) is 4.61. The normalized spacial score (nSPS) is 20.6. The van der Waals surface area contributed by atoms with Gasteiger partial charge in [-0.3, -0.25) is 4.79 Å². The van der Waals surface area contributed by atoms with Crippen LogP contribution in [-0.2, 0) is 22.4 Å². The second kappa shape index (κ2) is 8.89. The van der Waals surface area contributed by atoms with E-state index in [1.807, 2.05) is 0 Å². The van der Waals surface area contributed by atoms with Crippen molar-refractivity contribution in [2.45, 2.75) is 38.2 Å². The summed E-state index contributed by atoms with van der Waals surface area (Å²) in [4.78, 5) is 13.5. The van der Waals surface area contributed by atoms with Gasteiger partial charge in [-0.2, -0.15) is 0 Å². The van der Waals surface area contributed by atoms with Crippen molar-refractivity contribution in [3.05, 3.63) is 70.8 Å². The number of carboxylic acid groups (broad SMARTS) is 1. The Labute approximate surface area is 167 Å². The molecule has 0 saturated carbocycles. The number of hydrogen-bond acceptors (Lipinski definition) is 3. The number of rotatable bonds is 5. The third kappa shape index (κ3) is 4.29. The van der Waals surface area contributed by atoms with E-state index in [-0.39, 0.29) is 12.0 Å². The molecule has 2 aromatic carbocycles. The third-order valence-electron chi connectivity index (χ3n) is 6.11. The van der Waals surface area contributed by atoms with Gasteiger partial charge in [0.15, 0.2) is 0 Å². The number of carbonyl (C=O) groups is 1. The minimum absolute atomic E-state index is 0.0484. The summed E-state index contributed by atoms with van der Waals surface area (Å²) >= 11 is 0. The maximum Gasteiger partial charge on any atom is 0.307 e. The van der Waals surface area contributed by atoms with Gasteiger partial charge in [0.1, 0.15) is 6.10 Å². The highest BCUT2D eigenvalue weighted by atomic mass is 16.5. The van der Waals surface area contributed by atoms with E-state index in [1.54, 1.807) is 0 Å². The van der Waals surface area contributed by atoms with E-state index in [2.05, 4.69) is 53.4 Å². The minimum atomic E-state index is -0.673. The first-order valence-electron chi connectivity index (χ1n) is 10.4. The Morgan fingerprint density at radius 1 is 1.00 bits per heavy atom. The molecule has 1 fully saturated rings. The van der Waals surface area contributed by atoms with Crippen LogP contribution in [-0.4, -0.2) is 42.2 Å². The van der Waals surface area contributed by atoms with Crippen LogP contribution in [0, 0.1) is 5.92 Å². The van der Waals surface area contributed by atoms with Crippen molar-refractivity contribution in [3.8, 4) is 0 Å². The van der Waals surface area contributed by atoms with E-state index in [0.717, 1.165) is 45.2 Å². The molecule has 2 aliphatic rings. The summed E-state index contributed by atoms with van der Waals surface area (Å²) in [6.45, 7) is 2.99. The number of hydrogen-bond donors (Lipinski definition) is 1. The van der Waals surface area contributed by atoms with Crippen LogP contribution < -0.4 is 0 Å². The molecule has 1 atom stereocenters. The van der Waals surface area contributed by atoms with Crippen molar-refractivity contribution in [2.75, 3.05) is 26.2 Å². The summed E-state index contributed by atoms with van der Waals surface area (Å²) < 4.78 is 6.48. The molecule has 4 rings (SSSR count).